The molecule has 0 aliphatic rings. The van der Waals surface area contributed by atoms with Gasteiger partial charge in [0, 0.05) is 13.6 Å². The Morgan fingerprint density at radius 3 is 2.53 bits per heavy atom. The van der Waals surface area contributed by atoms with E-state index in [0.717, 1.165) is 13.0 Å². The quantitative estimate of drug-likeness (QED) is 0.849. The molecule has 0 aliphatic carbocycles. The summed E-state index contributed by atoms with van der Waals surface area (Å²) in [6.45, 7) is 5.21. The monoisotopic (exact) mass is 229 g/mol. The SMILES string of the molecule is CC(C)CCN(C)c1nc(N)nc(Cl)n1. The average molecular weight is 230 g/mol. The van der Waals surface area contributed by atoms with Gasteiger partial charge in [0.25, 0.3) is 0 Å². The standard InChI is InChI=1S/C9H16ClN5/c1-6(2)4-5-15(3)9-13-7(10)12-8(11)14-9/h6H,4-5H2,1-3H3,(H2,11,12,13,14). The third-order valence-corrected chi connectivity index (χ3v) is 2.17. The van der Waals surface area contributed by atoms with Crippen LogP contribution in [0.1, 0.15) is 20.3 Å². The Morgan fingerprint density at radius 2 is 2.00 bits per heavy atom. The van der Waals surface area contributed by atoms with Gasteiger partial charge in [0.05, 0.1) is 0 Å². The maximum atomic E-state index is 5.69. The second-order valence-electron chi connectivity index (χ2n) is 3.87. The summed E-state index contributed by atoms with van der Waals surface area (Å²) < 4.78 is 0. The second-order valence-corrected chi connectivity index (χ2v) is 4.20. The van der Waals surface area contributed by atoms with E-state index in [2.05, 4.69) is 28.8 Å². The van der Waals surface area contributed by atoms with Crippen LogP contribution in [0.2, 0.25) is 5.28 Å². The summed E-state index contributed by atoms with van der Waals surface area (Å²) in [4.78, 5) is 13.6. The van der Waals surface area contributed by atoms with Gasteiger partial charge in [-0.1, -0.05) is 13.8 Å². The zero-order valence-electron chi connectivity index (χ0n) is 9.24. The highest BCUT2D eigenvalue weighted by Gasteiger charge is 2.08. The third-order valence-electron chi connectivity index (χ3n) is 2.00. The first-order valence-electron chi connectivity index (χ1n) is 4.87. The molecule has 0 fully saturated rings. The van der Waals surface area contributed by atoms with Crippen molar-refractivity contribution in [2.45, 2.75) is 20.3 Å². The topological polar surface area (TPSA) is 67.9 Å². The molecular weight excluding hydrogens is 214 g/mol. The van der Waals surface area contributed by atoms with Gasteiger partial charge in [-0.2, -0.15) is 15.0 Å². The molecule has 0 atom stereocenters. The second kappa shape index (κ2) is 5.11. The van der Waals surface area contributed by atoms with Gasteiger partial charge in [-0.15, -0.1) is 0 Å². The largest absolute Gasteiger partial charge is 0.368 e. The number of anilines is 2. The summed E-state index contributed by atoms with van der Waals surface area (Å²) in [7, 11) is 1.91. The van der Waals surface area contributed by atoms with E-state index in [1.807, 2.05) is 11.9 Å². The lowest BCUT2D eigenvalue weighted by molar-refractivity contribution is 0.581. The number of hydrogen-bond acceptors (Lipinski definition) is 5. The van der Waals surface area contributed by atoms with Crippen molar-refractivity contribution in [3.05, 3.63) is 5.28 Å². The first-order chi connectivity index (χ1) is 6.99. The molecule has 0 unspecified atom stereocenters. The Kier molecular flexibility index (Phi) is 4.08. The number of hydrogen-bond donors (Lipinski definition) is 1. The van der Waals surface area contributed by atoms with Crippen molar-refractivity contribution in [3.8, 4) is 0 Å². The third kappa shape index (κ3) is 3.87. The molecule has 1 aromatic heterocycles. The zero-order chi connectivity index (χ0) is 11.4. The molecule has 0 aliphatic heterocycles. The first-order valence-corrected chi connectivity index (χ1v) is 5.25. The summed E-state index contributed by atoms with van der Waals surface area (Å²) in [5.41, 5.74) is 5.48. The van der Waals surface area contributed by atoms with Crippen LogP contribution >= 0.6 is 11.6 Å². The highest BCUT2D eigenvalue weighted by atomic mass is 35.5. The molecule has 1 aromatic rings. The zero-order valence-corrected chi connectivity index (χ0v) is 9.99. The van der Waals surface area contributed by atoms with Crippen LogP contribution in [0.3, 0.4) is 0 Å². The molecule has 6 heteroatoms. The maximum Gasteiger partial charge on any atom is 0.231 e. The van der Waals surface area contributed by atoms with Gasteiger partial charge >= 0.3 is 0 Å². The van der Waals surface area contributed by atoms with Gasteiger partial charge in [-0.05, 0) is 23.9 Å². The molecule has 1 rings (SSSR count). The molecule has 2 N–H and O–H groups in total. The maximum absolute atomic E-state index is 5.69. The molecular formula is C9H16ClN5. The van der Waals surface area contributed by atoms with Crippen LogP contribution in [-0.4, -0.2) is 28.5 Å². The van der Waals surface area contributed by atoms with Crippen LogP contribution in [0.15, 0.2) is 0 Å². The Bertz CT molecular complexity index is 308. The van der Waals surface area contributed by atoms with E-state index in [0.29, 0.717) is 11.9 Å². The Balaban J connectivity index is 2.68. The molecule has 0 bridgehead atoms. The molecule has 0 saturated heterocycles. The molecule has 5 nitrogen and oxygen atoms in total. The van der Waals surface area contributed by atoms with Crippen molar-refractivity contribution in [2.24, 2.45) is 5.92 Å². The summed E-state index contributed by atoms with van der Waals surface area (Å²) >= 11 is 5.69. The van der Waals surface area contributed by atoms with Crippen molar-refractivity contribution < 1.29 is 0 Å². The number of nitrogen functional groups attached to an aromatic ring is 1. The van der Waals surface area contributed by atoms with Gasteiger partial charge in [0.1, 0.15) is 0 Å². The van der Waals surface area contributed by atoms with Crippen molar-refractivity contribution in [1.29, 1.82) is 0 Å². The molecule has 0 aromatic carbocycles. The first kappa shape index (κ1) is 12.0. The van der Waals surface area contributed by atoms with Gasteiger partial charge in [-0.25, -0.2) is 0 Å². The van der Waals surface area contributed by atoms with Crippen LogP contribution in [0.4, 0.5) is 11.9 Å². The minimum atomic E-state index is 0.133. The van der Waals surface area contributed by atoms with Crippen molar-refractivity contribution in [3.63, 3.8) is 0 Å². The minimum Gasteiger partial charge on any atom is -0.368 e. The van der Waals surface area contributed by atoms with E-state index >= 15 is 0 Å². The summed E-state index contributed by atoms with van der Waals surface area (Å²) in [6, 6.07) is 0. The predicted molar refractivity (Wildman–Crippen MR) is 62.0 cm³/mol. The van der Waals surface area contributed by atoms with Gasteiger partial charge in [-0.3, -0.25) is 0 Å². The van der Waals surface area contributed by atoms with Gasteiger partial charge < -0.3 is 10.6 Å². The number of halogens is 1. The Hall–Kier alpha value is -1.10. The summed E-state index contributed by atoms with van der Waals surface area (Å²) in [6.07, 6.45) is 1.07. The summed E-state index contributed by atoms with van der Waals surface area (Å²) in [5.74, 6) is 1.32. The highest BCUT2D eigenvalue weighted by molar-refractivity contribution is 6.28. The fourth-order valence-corrected chi connectivity index (χ4v) is 1.24. The average Bonchev–Trinajstić information content (AvgIpc) is 2.12. The molecule has 0 saturated carbocycles. The smallest absolute Gasteiger partial charge is 0.231 e. The van der Waals surface area contributed by atoms with E-state index in [4.69, 9.17) is 17.3 Å². The normalized spacial score (nSPS) is 10.7. The fraction of sp³-hybridized carbons (Fsp3) is 0.667. The predicted octanol–water partition coefficient (Wildman–Crippen LogP) is 1.59. The molecule has 0 spiro atoms. The highest BCUT2D eigenvalue weighted by Crippen LogP contribution is 2.12. The van der Waals surface area contributed by atoms with Gasteiger partial charge in [0.2, 0.25) is 17.2 Å². The minimum absolute atomic E-state index is 0.133. The van der Waals surface area contributed by atoms with Crippen LogP contribution in [0, 0.1) is 5.92 Å². The lowest BCUT2D eigenvalue weighted by atomic mass is 10.1. The van der Waals surface area contributed by atoms with E-state index in [1.165, 1.54) is 0 Å². The van der Waals surface area contributed by atoms with Crippen LogP contribution in [0.25, 0.3) is 0 Å². The molecule has 1 heterocycles. The Morgan fingerprint density at radius 1 is 1.33 bits per heavy atom. The fourth-order valence-electron chi connectivity index (χ4n) is 1.08. The van der Waals surface area contributed by atoms with Crippen LogP contribution in [-0.2, 0) is 0 Å². The van der Waals surface area contributed by atoms with E-state index in [1.54, 1.807) is 0 Å². The van der Waals surface area contributed by atoms with Crippen molar-refractivity contribution in [2.75, 3.05) is 24.2 Å². The van der Waals surface area contributed by atoms with Gasteiger partial charge in [0.15, 0.2) is 0 Å². The summed E-state index contributed by atoms with van der Waals surface area (Å²) in [5, 5.41) is 0.133. The number of nitrogens with zero attached hydrogens (tertiary/aromatic N) is 4. The molecule has 0 radical (unpaired) electrons. The lowest BCUT2D eigenvalue weighted by Gasteiger charge is -2.17. The van der Waals surface area contributed by atoms with Crippen LogP contribution in [0.5, 0.6) is 0 Å². The van der Waals surface area contributed by atoms with E-state index < -0.39 is 0 Å². The van der Waals surface area contributed by atoms with Crippen LogP contribution < -0.4 is 10.6 Å². The van der Waals surface area contributed by atoms with E-state index in [-0.39, 0.29) is 11.2 Å². The molecule has 15 heavy (non-hydrogen) atoms. The molecule has 84 valence electrons. The van der Waals surface area contributed by atoms with Crippen molar-refractivity contribution >= 4 is 23.5 Å². The number of rotatable bonds is 4. The number of aromatic nitrogens is 3. The Labute approximate surface area is 94.7 Å². The lowest BCUT2D eigenvalue weighted by Crippen LogP contribution is -2.23. The molecule has 0 amide bonds. The van der Waals surface area contributed by atoms with Crippen molar-refractivity contribution in [1.82, 2.24) is 15.0 Å². The van der Waals surface area contributed by atoms with E-state index in [9.17, 15) is 0 Å². The number of nitrogens with two attached hydrogens (primary N) is 1.